The van der Waals surface area contributed by atoms with Gasteiger partial charge in [0.1, 0.15) is 5.75 Å². The number of carbonyl (C=O) groups excluding carboxylic acids is 2. The molecule has 0 unspecified atom stereocenters. The van der Waals surface area contributed by atoms with Gasteiger partial charge in [-0.3, -0.25) is 9.59 Å². The normalized spacial score (nSPS) is 13.8. The number of halogens is 2. The van der Waals surface area contributed by atoms with E-state index in [0.717, 1.165) is 18.7 Å². The van der Waals surface area contributed by atoms with Crippen LogP contribution in [-0.2, 0) is 9.59 Å². The second-order valence-electron chi connectivity index (χ2n) is 5.61. The lowest BCUT2D eigenvalue weighted by Crippen LogP contribution is -2.23. The molecule has 2 aromatic carbocycles. The Morgan fingerprint density at radius 2 is 1.88 bits per heavy atom. The highest BCUT2D eigenvalue weighted by Gasteiger charge is 2.21. The lowest BCUT2D eigenvalue weighted by atomic mass is 10.2. The average molecular weight is 379 g/mol. The number of carbonyl (C=O) groups is 2. The van der Waals surface area contributed by atoms with Gasteiger partial charge in [-0.1, -0.05) is 23.2 Å². The SMILES string of the molecule is O=C(COc1ccc(Cl)c(Cl)c1)Nc1ccc(N2CCCC2=O)cc1. The van der Waals surface area contributed by atoms with Crippen molar-refractivity contribution < 1.29 is 14.3 Å². The van der Waals surface area contributed by atoms with Crippen molar-refractivity contribution in [2.24, 2.45) is 0 Å². The molecular formula is C18H16Cl2N2O3. The second-order valence-corrected chi connectivity index (χ2v) is 6.42. The van der Waals surface area contributed by atoms with E-state index in [1.807, 2.05) is 12.1 Å². The second kappa shape index (κ2) is 7.76. The van der Waals surface area contributed by atoms with Gasteiger partial charge in [-0.15, -0.1) is 0 Å². The van der Waals surface area contributed by atoms with Gasteiger partial charge in [0.15, 0.2) is 6.61 Å². The minimum absolute atomic E-state index is 0.131. The van der Waals surface area contributed by atoms with Gasteiger partial charge in [-0.25, -0.2) is 0 Å². The fourth-order valence-corrected chi connectivity index (χ4v) is 2.85. The summed E-state index contributed by atoms with van der Waals surface area (Å²) in [4.78, 5) is 25.4. The van der Waals surface area contributed by atoms with Crippen molar-refractivity contribution in [3.63, 3.8) is 0 Å². The van der Waals surface area contributed by atoms with E-state index in [1.165, 1.54) is 0 Å². The molecule has 0 atom stereocenters. The molecule has 0 saturated carbocycles. The van der Waals surface area contributed by atoms with Gasteiger partial charge in [-0.05, 0) is 42.8 Å². The van der Waals surface area contributed by atoms with Crippen LogP contribution in [-0.4, -0.2) is 25.0 Å². The molecule has 1 N–H and O–H groups in total. The number of benzene rings is 2. The zero-order valence-electron chi connectivity index (χ0n) is 13.3. The van der Waals surface area contributed by atoms with E-state index < -0.39 is 0 Å². The number of rotatable bonds is 5. The maximum absolute atomic E-state index is 12.0. The van der Waals surface area contributed by atoms with Gasteiger partial charge in [0.25, 0.3) is 5.91 Å². The van der Waals surface area contributed by atoms with Crippen molar-refractivity contribution in [3.05, 3.63) is 52.5 Å². The molecule has 1 aliphatic rings. The Kier molecular flexibility index (Phi) is 5.46. The predicted molar refractivity (Wildman–Crippen MR) is 98.6 cm³/mol. The van der Waals surface area contributed by atoms with Crippen molar-refractivity contribution in [2.75, 3.05) is 23.4 Å². The number of ether oxygens (including phenoxy) is 1. The fraction of sp³-hybridized carbons (Fsp3) is 0.222. The van der Waals surface area contributed by atoms with E-state index in [-0.39, 0.29) is 18.4 Å². The highest BCUT2D eigenvalue weighted by molar-refractivity contribution is 6.42. The maximum atomic E-state index is 12.0. The first-order valence-electron chi connectivity index (χ1n) is 7.81. The van der Waals surface area contributed by atoms with E-state index in [1.54, 1.807) is 35.2 Å². The first-order valence-corrected chi connectivity index (χ1v) is 8.56. The molecule has 3 rings (SSSR count). The molecule has 0 spiro atoms. The minimum atomic E-state index is -0.295. The van der Waals surface area contributed by atoms with Crippen LogP contribution >= 0.6 is 23.2 Å². The van der Waals surface area contributed by atoms with Crippen LogP contribution in [0, 0.1) is 0 Å². The average Bonchev–Trinajstić information content (AvgIpc) is 3.03. The van der Waals surface area contributed by atoms with Gasteiger partial charge < -0.3 is 15.0 Å². The summed E-state index contributed by atoms with van der Waals surface area (Å²) in [6.07, 6.45) is 1.47. The Labute approximate surface area is 155 Å². The number of amides is 2. The van der Waals surface area contributed by atoms with Gasteiger partial charge in [0.05, 0.1) is 10.0 Å². The molecule has 7 heteroatoms. The first kappa shape index (κ1) is 17.6. The molecule has 130 valence electrons. The zero-order chi connectivity index (χ0) is 17.8. The van der Waals surface area contributed by atoms with Crippen molar-refractivity contribution in [2.45, 2.75) is 12.8 Å². The molecule has 5 nitrogen and oxygen atoms in total. The molecule has 1 saturated heterocycles. The van der Waals surface area contributed by atoms with Crippen LogP contribution in [0.3, 0.4) is 0 Å². The van der Waals surface area contributed by atoms with Crippen molar-refractivity contribution in [1.82, 2.24) is 0 Å². The third-order valence-corrected chi connectivity index (χ3v) is 4.54. The fourth-order valence-electron chi connectivity index (χ4n) is 2.56. The van der Waals surface area contributed by atoms with Crippen molar-refractivity contribution >= 4 is 46.4 Å². The maximum Gasteiger partial charge on any atom is 0.262 e. The summed E-state index contributed by atoms with van der Waals surface area (Å²) in [7, 11) is 0. The largest absolute Gasteiger partial charge is 0.484 e. The molecule has 0 bridgehead atoms. The van der Waals surface area contributed by atoms with Crippen molar-refractivity contribution in [1.29, 1.82) is 0 Å². The van der Waals surface area contributed by atoms with E-state index in [9.17, 15) is 9.59 Å². The van der Waals surface area contributed by atoms with Crippen LogP contribution in [0.5, 0.6) is 5.75 Å². The molecule has 2 aromatic rings. The summed E-state index contributed by atoms with van der Waals surface area (Å²) >= 11 is 11.7. The van der Waals surface area contributed by atoms with E-state index in [4.69, 9.17) is 27.9 Å². The van der Waals surface area contributed by atoms with Crippen LogP contribution in [0.4, 0.5) is 11.4 Å². The Balaban J connectivity index is 1.54. The zero-order valence-corrected chi connectivity index (χ0v) is 14.8. The smallest absolute Gasteiger partial charge is 0.262 e. The summed E-state index contributed by atoms with van der Waals surface area (Å²) < 4.78 is 5.39. The standard InChI is InChI=1S/C18H16Cl2N2O3/c19-15-8-7-14(10-16(15)20)25-11-17(23)21-12-3-5-13(6-4-12)22-9-1-2-18(22)24/h3-8,10H,1-2,9,11H2,(H,21,23). The van der Waals surface area contributed by atoms with Gasteiger partial charge in [0.2, 0.25) is 5.91 Å². The number of nitrogens with one attached hydrogen (secondary N) is 1. The summed E-state index contributed by atoms with van der Waals surface area (Å²) in [6, 6.07) is 12.0. The Hall–Kier alpha value is -2.24. The summed E-state index contributed by atoms with van der Waals surface area (Å²) in [6.45, 7) is 0.590. The molecule has 0 aliphatic carbocycles. The number of hydrogen-bond acceptors (Lipinski definition) is 3. The lowest BCUT2D eigenvalue weighted by molar-refractivity contribution is -0.118. The molecule has 25 heavy (non-hydrogen) atoms. The first-order chi connectivity index (χ1) is 12.0. The van der Waals surface area contributed by atoms with Gasteiger partial charge in [0, 0.05) is 30.4 Å². The monoisotopic (exact) mass is 378 g/mol. The summed E-state index contributed by atoms with van der Waals surface area (Å²) in [5.41, 5.74) is 1.48. The van der Waals surface area contributed by atoms with Crippen LogP contribution in [0.25, 0.3) is 0 Å². The number of anilines is 2. The lowest BCUT2D eigenvalue weighted by Gasteiger charge is -2.16. The van der Waals surface area contributed by atoms with Crippen molar-refractivity contribution in [3.8, 4) is 5.75 Å². The molecule has 1 fully saturated rings. The summed E-state index contributed by atoms with van der Waals surface area (Å²) in [5, 5.41) is 3.53. The minimum Gasteiger partial charge on any atom is -0.484 e. The van der Waals surface area contributed by atoms with Gasteiger partial charge in [-0.2, -0.15) is 0 Å². The molecule has 0 radical (unpaired) electrons. The molecule has 0 aromatic heterocycles. The van der Waals surface area contributed by atoms with Crippen LogP contribution in [0.2, 0.25) is 10.0 Å². The van der Waals surface area contributed by atoms with Gasteiger partial charge >= 0.3 is 0 Å². The third kappa shape index (κ3) is 4.44. The van der Waals surface area contributed by atoms with Crippen LogP contribution in [0.1, 0.15) is 12.8 Å². The third-order valence-electron chi connectivity index (χ3n) is 3.80. The Bertz CT molecular complexity index is 793. The molecule has 2 amide bonds. The van der Waals surface area contributed by atoms with E-state index in [0.29, 0.717) is 27.9 Å². The summed E-state index contributed by atoms with van der Waals surface area (Å²) in [5.74, 6) is 0.301. The number of nitrogens with zero attached hydrogens (tertiary/aromatic N) is 1. The Morgan fingerprint density at radius 1 is 1.12 bits per heavy atom. The topological polar surface area (TPSA) is 58.6 Å². The molecule has 1 aliphatic heterocycles. The van der Waals surface area contributed by atoms with E-state index in [2.05, 4.69) is 5.32 Å². The Morgan fingerprint density at radius 3 is 2.52 bits per heavy atom. The van der Waals surface area contributed by atoms with Crippen LogP contribution < -0.4 is 15.0 Å². The highest BCUT2D eigenvalue weighted by atomic mass is 35.5. The number of hydrogen-bond donors (Lipinski definition) is 1. The van der Waals surface area contributed by atoms with E-state index >= 15 is 0 Å². The quantitative estimate of drug-likeness (QED) is 0.850. The molecule has 1 heterocycles. The highest BCUT2D eigenvalue weighted by Crippen LogP contribution is 2.26. The predicted octanol–water partition coefficient (Wildman–Crippen LogP) is 4.14. The molecular weight excluding hydrogens is 363 g/mol. The van der Waals surface area contributed by atoms with Crippen LogP contribution in [0.15, 0.2) is 42.5 Å².